The number of rotatable bonds is 5. The number of fused-ring (bicyclic) bond motifs is 1. The number of aliphatic hydroxyl groups excluding tert-OH is 1. The summed E-state index contributed by atoms with van der Waals surface area (Å²) in [5.74, 6) is -0.0980. The number of hydrogen-bond donors (Lipinski definition) is 3. The highest BCUT2D eigenvalue weighted by atomic mass is 16.3. The number of anilines is 1. The van der Waals surface area contributed by atoms with Gasteiger partial charge in [-0.1, -0.05) is 42.0 Å². The van der Waals surface area contributed by atoms with Gasteiger partial charge in [0.25, 0.3) is 0 Å². The van der Waals surface area contributed by atoms with Crippen LogP contribution in [0.15, 0.2) is 42.5 Å². The number of hydrogen-bond acceptors (Lipinski definition) is 3. The number of amides is 1. The third-order valence-corrected chi connectivity index (χ3v) is 4.87. The van der Waals surface area contributed by atoms with Gasteiger partial charge in [-0.15, -0.1) is 0 Å². The van der Waals surface area contributed by atoms with Crippen molar-refractivity contribution in [3.63, 3.8) is 0 Å². The van der Waals surface area contributed by atoms with Gasteiger partial charge in [0, 0.05) is 5.69 Å². The summed E-state index contributed by atoms with van der Waals surface area (Å²) in [5.41, 5.74) is 4.88. The highest BCUT2D eigenvalue weighted by Gasteiger charge is 2.37. The van der Waals surface area contributed by atoms with Crippen LogP contribution in [0.4, 0.5) is 5.69 Å². The van der Waals surface area contributed by atoms with Gasteiger partial charge >= 0.3 is 0 Å². The maximum Gasteiger partial charge on any atom is 0.238 e. The van der Waals surface area contributed by atoms with Crippen LogP contribution in [0.3, 0.4) is 0 Å². The van der Waals surface area contributed by atoms with Crippen LogP contribution in [0.25, 0.3) is 0 Å². The first-order chi connectivity index (χ1) is 11.5. The third kappa shape index (κ3) is 3.21. The van der Waals surface area contributed by atoms with Gasteiger partial charge in [-0.05, 0) is 49.4 Å². The molecule has 0 aromatic heterocycles. The molecule has 1 aliphatic rings. The van der Waals surface area contributed by atoms with E-state index < -0.39 is 5.54 Å². The number of aliphatic hydroxyl groups is 1. The standard InChI is InChI=1S/C20H24N2O2/c1-14-7-8-18(15(2)11-14)22-19(24)12-21-20(13-23)10-9-16-5-3-4-6-17(16)20/h3-8,11,21,23H,9-10,12-13H2,1-2H3,(H,22,24). The van der Waals surface area contributed by atoms with Crippen LogP contribution >= 0.6 is 0 Å². The van der Waals surface area contributed by atoms with Crippen molar-refractivity contribution in [2.45, 2.75) is 32.2 Å². The lowest BCUT2D eigenvalue weighted by molar-refractivity contribution is -0.115. The molecule has 126 valence electrons. The molecule has 0 heterocycles. The van der Waals surface area contributed by atoms with Crippen molar-refractivity contribution in [2.75, 3.05) is 18.5 Å². The Hall–Kier alpha value is -2.17. The lowest BCUT2D eigenvalue weighted by Gasteiger charge is -2.29. The molecular formula is C20H24N2O2. The van der Waals surface area contributed by atoms with E-state index in [4.69, 9.17) is 0 Å². The third-order valence-electron chi connectivity index (χ3n) is 4.87. The molecule has 0 saturated heterocycles. The van der Waals surface area contributed by atoms with Crippen LogP contribution in [0.5, 0.6) is 0 Å². The first-order valence-corrected chi connectivity index (χ1v) is 8.35. The molecule has 1 aliphatic carbocycles. The Morgan fingerprint density at radius 1 is 1.21 bits per heavy atom. The van der Waals surface area contributed by atoms with Gasteiger partial charge in [-0.25, -0.2) is 0 Å². The second kappa shape index (κ2) is 6.75. The molecule has 4 heteroatoms. The number of carbonyl (C=O) groups is 1. The molecule has 4 nitrogen and oxygen atoms in total. The second-order valence-electron chi connectivity index (χ2n) is 6.62. The van der Waals surface area contributed by atoms with E-state index in [1.165, 1.54) is 11.1 Å². The topological polar surface area (TPSA) is 61.4 Å². The largest absolute Gasteiger partial charge is 0.394 e. The predicted octanol–water partition coefficient (Wildman–Crippen LogP) is 2.67. The van der Waals surface area contributed by atoms with E-state index in [0.29, 0.717) is 0 Å². The Morgan fingerprint density at radius 2 is 2.00 bits per heavy atom. The highest BCUT2D eigenvalue weighted by Crippen LogP contribution is 2.36. The van der Waals surface area contributed by atoms with Crippen molar-refractivity contribution in [3.8, 4) is 0 Å². The summed E-state index contributed by atoms with van der Waals surface area (Å²) in [6, 6.07) is 14.1. The molecule has 0 spiro atoms. The predicted molar refractivity (Wildman–Crippen MR) is 96.1 cm³/mol. The first kappa shape index (κ1) is 16.7. The molecule has 24 heavy (non-hydrogen) atoms. The van der Waals surface area contributed by atoms with Crippen LogP contribution in [0.2, 0.25) is 0 Å². The summed E-state index contributed by atoms with van der Waals surface area (Å²) < 4.78 is 0. The van der Waals surface area contributed by atoms with Gasteiger partial charge in [-0.3, -0.25) is 10.1 Å². The Morgan fingerprint density at radius 3 is 2.75 bits per heavy atom. The number of aryl methyl sites for hydroxylation is 3. The minimum Gasteiger partial charge on any atom is -0.394 e. The fourth-order valence-corrected chi connectivity index (χ4v) is 3.49. The maximum absolute atomic E-state index is 12.3. The Kier molecular flexibility index (Phi) is 4.69. The van der Waals surface area contributed by atoms with E-state index in [9.17, 15) is 9.90 Å². The summed E-state index contributed by atoms with van der Waals surface area (Å²) in [6.07, 6.45) is 1.72. The highest BCUT2D eigenvalue weighted by molar-refractivity contribution is 5.93. The molecule has 3 rings (SSSR count). The van der Waals surface area contributed by atoms with Crippen molar-refractivity contribution < 1.29 is 9.90 Å². The van der Waals surface area contributed by atoms with E-state index in [1.54, 1.807) is 0 Å². The zero-order chi connectivity index (χ0) is 17.2. The van der Waals surface area contributed by atoms with Gasteiger partial charge in [0.15, 0.2) is 0 Å². The van der Waals surface area contributed by atoms with E-state index in [0.717, 1.165) is 29.7 Å². The summed E-state index contributed by atoms with van der Waals surface area (Å²) >= 11 is 0. The number of carbonyl (C=O) groups excluding carboxylic acids is 1. The van der Waals surface area contributed by atoms with Crippen LogP contribution in [0.1, 0.15) is 28.7 Å². The molecule has 0 aliphatic heterocycles. The van der Waals surface area contributed by atoms with Gasteiger partial charge in [-0.2, -0.15) is 0 Å². The first-order valence-electron chi connectivity index (χ1n) is 8.35. The summed E-state index contributed by atoms with van der Waals surface area (Å²) in [4.78, 5) is 12.3. The molecule has 1 atom stereocenters. The molecule has 2 aromatic carbocycles. The van der Waals surface area contributed by atoms with Crippen LogP contribution in [-0.2, 0) is 16.8 Å². The zero-order valence-electron chi connectivity index (χ0n) is 14.2. The minimum atomic E-state index is -0.518. The molecule has 0 saturated carbocycles. The molecule has 1 unspecified atom stereocenters. The molecule has 1 amide bonds. The summed E-state index contributed by atoms with van der Waals surface area (Å²) in [5, 5.41) is 16.2. The Balaban J connectivity index is 1.67. The van der Waals surface area contributed by atoms with E-state index >= 15 is 0 Å². The molecule has 0 radical (unpaired) electrons. The second-order valence-corrected chi connectivity index (χ2v) is 6.62. The van der Waals surface area contributed by atoms with Gasteiger partial charge < -0.3 is 10.4 Å². The van der Waals surface area contributed by atoms with Crippen LogP contribution < -0.4 is 10.6 Å². The van der Waals surface area contributed by atoms with Crippen molar-refractivity contribution in [3.05, 3.63) is 64.7 Å². The molecular weight excluding hydrogens is 300 g/mol. The number of nitrogens with one attached hydrogen (secondary N) is 2. The quantitative estimate of drug-likeness (QED) is 0.792. The lowest BCUT2D eigenvalue weighted by atomic mass is 9.92. The molecule has 3 N–H and O–H groups in total. The smallest absolute Gasteiger partial charge is 0.238 e. The fourth-order valence-electron chi connectivity index (χ4n) is 3.49. The van der Waals surface area contributed by atoms with Gasteiger partial charge in [0.05, 0.1) is 18.7 Å². The van der Waals surface area contributed by atoms with E-state index in [1.807, 2.05) is 50.2 Å². The van der Waals surface area contributed by atoms with Crippen molar-refractivity contribution in [1.29, 1.82) is 0 Å². The number of benzene rings is 2. The van der Waals surface area contributed by atoms with E-state index in [2.05, 4.69) is 16.7 Å². The van der Waals surface area contributed by atoms with E-state index in [-0.39, 0.29) is 19.1 Å². The zero-order valence-corrected chi connectivity index (χ0v) is 14.2. The lowest BCUT2D eigenvalue weighted by Crippen LogP contribution is -2.47. The maximum atomic E-state index is 12.3. The Bertz CT molecular complexity index is 757. The minimum absolute atomic E-state index is 0.0130. The van der Waals surface area contributed by atoms with Crippen molar-refractivity contribution >= 4 is 11.6 Å². The van der Waals surface area contributed by atoms with Crippen LogP contribution in [0, 0.1) is 13.8 Å². The van der Waals surface area contributed by atoms with Crippen LogP contribution in [-0.4, -0.2) is 24.2 Å². The SMILES string of the molecule is Cc1ccc(NC(=O)CNC2(CO)CCc3ccccc32)c(C)c1. The van der Waals surface area contributed by atoms with Gasteiger partial charge in [0.1, 0.15) is 0 Å². The molecule has 2 aromatic rings. The Labute approximate surface area is 142 Å². The normalized spacial score (nSPS) is 19.1. The van der Waals surface area contributed by atoms with Crippen molar-refractivity contribution in [2.24, 2.45) is 0 Å². The van der Waals surface area contributed by atoms with Gasteiger partial charge in [0.2, 0.25) is 5.91 Å². The summed E-state index contributed by atoms with van der Waals surface area (Å²) in [6.45, 7) is 4.17. The molecule has 0 fully saturated rings. The average molecular weight is 324 g/mol. The monoisotopic (exact) mass is 324 g/mol. The average Bonchev–Trinajstić information content (AvgIpc) is 2.95. The molecule has 0 bridgehead atoms. The fraction of sp³-hybridized carbons (Fsp3) is 0.350. The summed E-state index contributed by atoms with van der Waals surface area (Å²) in [7, 11) is 0. The van der Waals surface area contributed by atoms with Crippen molar-refractivity contribution in [1.82, 2.24) is 5.32 Å².